The summed E-state index contributed by atoms with van der Waals surface area (Å²) in [6, 6.07) is 13.7. The zero-order valence-corrected chi connectivity index (χ0v) is 15.2. The molecule has 2 aromatic heterocycles. The van der Waals surface area contributed by atoms with Crippen LogP contribution in [0.2, 0.25) is 0 Å². The van der Waals surface area contributed by atoms with Crippen LogP contribution in [0.3, 0.4) is 0 Å². The predicted octanol–water partition coefficient (Wildman–Crippen LogP) is 4.36. The number of hydrogen-bond donors (Lipinski definition) is 2. The van der Waals surface area contributed by atoms with Gasteiger partial charge in [-0.25, -0.2) is 0 Å². The van der Waals surface area contributed by atoms with Gasteiger partial charge in [-0.2, -0.15) is 18.3 Å². The normalized spacial score (nSPS) is 11.5. The molecule has 0 aliphatic heterocycles. The lowest BCUT2D eigenvalue weighted by molar-refractivity contribution is -0.137. The number of thiocarbonyl (C=S) groups is 1. The van der Waals surface area contributed by atoms with Crippen molar-refractivity contribution in [1.29, 1.82) is 0 Å². The van der Waals surface area contributed by atoms with Crippen molar-refractivity contribution in [2.45, 2.75) is 12.7 Å². The standard InChI is InChI=1S/C19H15F3N4OS/c20-19(21,22)14-5-3-4-13(10-14)17-8-7-16(27-17)12-25-26-18(28)24-11-15-6-1-2-9-23-15/h1-10,12H,11H2,(H2,24,26,28). The van der Waals surface area contributed by atoms with E-state index in [1.165, 1.54) is 12.3 Å². The van der Waals surface area contributed by atoms with Crippen LogP contribution in [0.1, 0.15) is 17.0 Å². The van der Waals surface area contributed by atoms with E-state index in [9.17, 15) is 13.2 Å². The van der Waals surface area contributed by atoms with Crippen molar-refractivity contribution in [2.75, 3.05) is 0 Å². The van der Waals surface area contributed by atoms with E-state index in [0.29, 0.717) is 28.7 Å². The number of halogens is 3. The molecule has 0 amide bonds. The van der Waals surface area contributed by atoms with Crippen molar-refractivity contribution in [2.24, 2.45) is 5.10 Å². The zero-order chi connectivity index (χ0) is 20.0. The molecule has 0 saturated carbocycles. The summed E-state index contributed by atoms with van der Waals surface area (Å²) in [6.07, 6.45) is -1.34. The second-order valence-electron chi connectivity index (χ2n) is 5.65. The Morgan fingerprint density at radius 3 is 2.75 bits per heavy atom. The quantitative estimate of drug-likeness (QED) is 0.376. The summed E-state index contributed by atoms with van der Waals surface area (Å²) in [5, 5.41) is 7.19. The fourth-order valence-electron chi connectivity index (χ4n) is 2.29. The van der Waals surface area contributed by atoms with Crippen molar-refractivity contribution in [1.82, 2.24) is 15.7 Å². The highest BCUT2D eigenvalue weighted by atomic mass is 32.1. The summed E-state index contributed by atoms with van der Waals surface area (Å²) >= 11 is 5.10. The van der Waals surface area contributed by atoms with Gasteiger partial charge in [0.1, 0.15) is 11.5 Å². The van der Waals surface area contributed by atoms with Gasteiger partial charge in [0, 0.05) is 11.8 Å². The van der Waals surface area contributed by atoms with Crippen molar-refractivity contribution in [3.8, 4) is 11.3 Å². The number of hydrazone groups is 1. The zero-order valence-electron chi connectivity index (χ0n) is 14.4. The van der Waals surface area contributed by atoms with E-state index in [0.717, 1.165) is 17.8 Å². The summed E-state index contributed by atoms with van der Waals surface area (Å²) in [5.74, 6) is 0.677. The lowest BCUT2D eigenvalue weighted by Gasteiger charge is -2.07. The molecule has 0 aliphatic rings. The number of benzene rings is 1. The summed E-state index contributed by atoms with van der Waals surface area (Å²) in [4.78, 5) is 4.16. The summed E-state index contributed by atoms with van der Waals surface area (Å²) in [7, 11) is 0. The largest absolute Gasteiger partial charge is 0.455 e. The molecule has 0 radical (unpaired) electrons. The van der Waals surface area contributed by atoms with Crippen LogP contribution >= 0.6 is 12.2 Å². The lowest BCUT2D eigenvalue weighted by atomic mass is 10.1. The minimum atomic E-state index is -4.41. The van der Waals surface area contributed by atoms with E-state index in [1.807, 2.05) is 18.2 Å². The number of nitrogens with zero attached hydrogens (tertiary/aromatic N) is 2. The van der Waals surface area contributed by atoms with Gasteiger partial charge in [-0.15, -0.1) is 0 Å². The number of rotatable bonds is 5. The minimum Gasteiger partial charge on any atom is -0.455 e. The molecule has 144 valence electrons. The molecule has 0 spiro atoms. The maximum absolute atomic E-state index is 12.8. The van der Waals surface area contributed by atoms with Gasteiger partial charge in [0.2, 0.25) is 0 Å². The molecule has 5 nitrogen and oxygen atoms in total. The van der Waals surface area contributed by atoms with Crippen LogP contribution in [-0.4, -0.2) is 16.3 Å². The van der Waals surface area contributed by atoms with Crippen LogP contribution in [-0.2, 0) is 12.7 Å². The molecule has 1 aromatic carbocycles. The van der Waals surface area contributed by atoms with E-state index in [1.54, 1.807) is 24.4 Å². The number of alkyl halides is 3. The molecule has 3 rings (SSSR count). The number of hydrogen-bond acceptors (Lipinski definition) is 4. The first kappa shape index (κ1) is 19.6. The van der Waals surface area contributed by atoms with E-state index < -0.39 is 11.7 Å². The van der Waals surface area contributed by atoms with Gasteiger partial charge >= 0.3 is 6.18 Å². The monoisotopic (exact) mass is 404 g/mol. The highest BCUT2D eigenvalue weighted by Crippen LogP contribution is 2.32. The number of pyridine rings is 1. The third kappa shape index (κ3) is 5.40. The Labute approximate surface area is 164 Å². The SMILES string of the molecule is FC(F)(F)c1cccc(-c2ccc(C=NNC(=S)NCc3ccccn3)o2)c1. The molecule has 0 bridgehead atoms. The Kier molecular flexibility index (Phi) is 6.05. The molecular formula is C19H15F3N4OS. The van der Waals surface area contributed by atoms with Crippen molar-refractivity contribution >= 4 is 23.5 Å². The number of furan rings is 1. The summed E-state index contributed by atoms with van der Waals surface area (Å²) < 4.78 is 44.0. The second kappa shape index (κ2) is 8.66. The Hall–Kier alpha value is -3.20. The van der Waals surface area contributed by atoms with Gasteiger partial charge in [-0.3, -0.25) is 10.4 Å². The molecular weight excluding hydrogens is 389 g/mol. The topological polar surface area (TPSA) is 62.5 Å². The molecule has 0 aliphatic carbocycles. The second-order valence-corrected chi connectivity index (χ2v) is 6.06. The van der Waals surface area contributed by atoms with Gasteiger partial charge in [0.15, 0.2) is 5.11 Å². The molecule has 0 fully saturated rings. The molecule has 3 aromatic rings. The highest BCUT2D eigenvalue weighted by molar-refractivity contribution is 7.80. The maximum Gasteiger partial charge on any atom is 0.416 e. The van der Waals surface area contributed by atoms with Crippen LogP contribution in [0.15, 0.2) is 70.3 Å². The van der Waals surface area contributed by atoms with Crippen LogP contribution in [0.4, 0.5) is 13.2 Å². The molecule has 2 heterocycles. The van der Waals surface area contributed by atoms with E-state index in [4.69, 9.17) is 16.6 Å². The van der Waals surface area contributed by atoms with Gasteiger partial charge in [0.25, 0.3) is 0 Å². The molecule has 9 heteroatoms. The first-order valence-corrected chi connectivity index (χ1v) is 8.57. The predicted molar refractivity (Wildman–Crippen MR) is 104 cm³/mol. The number of nitrogens with one attached hydrogen (secondary N) is 2. The van der Waals surface area contributed by atoms with Gasteiger partial charge in [-0.05, 0) is 48.6 Å². The van der Waals surface area contributed by atoms with Crippen LogP contribution in [0.25, 0.3) is 11.3 Å². The van der Waals surface area contributed by atoms with Gasteiger partial charge in [-0.1, -0.05) is 18.2 Å². The summed E-state index contributed by atoms with van der Waals surface area (Å²) in [6.45, 7) is 0.447. The van der Waals surface area contributed by atoms with E-state index in [2.05, 4.69) is 20.8 Å². The third-order valence-corrected chi connectivity index (χ3v) is 3.85. The fourth-order valence-corrected chi connectivity index (χ4v) is 2.42. The van der Waals surface area contributed by atoms with E-state index in [-0.39, 0.29) is 0 Å². The first-order valence-electron chi connectivity index (χ1n) is 8.16. The van der Waals surface area contributed by atoms with Crippen molar-refractivity contribution < 1.29 is 17.6 Å². The first-order chi connectivity index (χ1) is 13.4. The average Bonchev–Trinajstić information content (AvgIpc) is 3.16. The van der Waals surface area contributed by atoms with Crippen LogP contribution < -0.4 is 10.7 Å². The van der Waals surface area contributed by atoms with Crippen LogP contribution in [0, 0.1) is 0 Å². The molecule has 0 atom stereocenters. The summed E-state index contributed by atoms with van der Waals surface area (Å²) in [5.41, 5.74) is 3.05. The van der Waals surface area contributed by atoms with E-state index >= 15 is 0 Å². The molecule has 28 heavy (non-hydrogen) atoms. The Balaban J connectivity index is 1.56. The molecule has 2 N–H and O–H groups in total. The lowest BCUT2D eigenvalue weighted by Crippen LogP contribution is -2.31. The molecule has 0 unspecified atom stereocenters. The van der Waals surface area contributed by atoms with Gasteiger partial charge < -0.3 is 9.73 Å². The number of aromatic nitrogens is 1. The fraction of sp³-hybridized carbons (Fsp3) is 0.105. The highest BCUT2D eigenvalue weighted by Gasteiger charge is 2.30. The third-order valence-electron chi connectivity index (χ3n) is 3.62. The van der Waals surface area contributed by atoms with Crippen molar-refractivity contribution in [3.05, 3.63) is 77.8 Å². The van der Waals surface area contributed by atoms with Crippen LogP contribution in [0.5, 0.6) is 0 Å². The van der Waals surface area contributed by atoms with Gasteiger partial charge in [0.05, 0.1) is 24.0 Å². The van der Waals surface area contributed by atoms with Crippen molar-refractivity contribution in [3.63, 3.8) is 0 Å². The Bertz CT molecular complexity index is 971. The smallest absolute Gasteiger partial charge is 0.416 e. The maximum atomic E-state index is 12.8. The Morgan fingerprint density at radius 2 is 2.00 bits per heavy atom. The average molecular weight is 404 g/mol. The minimum absolute atomic E-state index is 0.298. The Morgan fingerprint density at radius 1 is 1.14 bits per heavy atom. The molecule has 0 saturated heterocycles.